The van der Waals surface area contributed by atoms with Crippen LogP contribution in [0.5, 0.6) is 11.6 Å². The third-order valence-electron chi connectivity index (χ3n) is 1.84. The van der Waals surface area contributed by atoms with E-state index in [1.165, 1.54) is 6.20 Å². The first-order valence-electron chi connectivity index (χ1n) is 4.51. The molecule has 2 aromatic rings. The second-order valence-corrected chi connectivity index (χ2v) is 3.31. The molecule has 16 heavy (non-hydrogen) atoms. The highest BCUT2D eigenvalue weighted by Gasteiger charge is 2.01. The van der Waals surface area contributed by atoms with Crippen LogP contribution in [0.3, 0.4) is 0 Å². The van der Waals surface area contributed by atoms with Gasteiger partial charge in [-0.3, -0.25) is 0 Å². The third kappa shape index (κ3) is 2.65. The highest BCUT2D eigenvalue weighted by atomic mass is 35.5. The van der Waals surface area contributed by atoms with E-state index in [1.807, 2.05) is 0 Å². The van der Waals surface area contributed by atoms with Crippen molar-refractivity contribution >= 4 is 11.6 Å². The minimum atomic E-state index is 0.00116. The molecule has 0 saturated heterocycles. The van der Waals surface area contributed by atoms with Crippen LogP contribution in [0.4, 0.5) is 0 Å². The highest BCUT2D eigenvalue weighted by Crippen LogP contribution is 2.19. The highest BCUT2D eigenvalue weighted by molar-refractivity contribution is 6.28. The number of halogens is 1. The van der Waals surface area contributed by atoms with Crippen molar-refractivity contribution in [2.75, 3.05) is 0 Å². The normalized spacial score (nSPS) is 10.1. The van der Waals surface area contributed by atoms with Crippen molar-refractivity contribution in [1.82, 2.24) is 15.2 Å². The van der Waals surface area contributed by atoms with E-state index in [9.17, 15) is 0 Å². The number of aliphatic hydroxyl groups is 1. The Kier molecular flexibility index (Phi) is 3.28. The molecule has 5 nitrogen and oxygen atoms in total. The standard InChI is InChI=1S/C10H8ClN3O2/c11-10-13-9(5-12-14-10)16-8-3-1-7(6-15)2-4-8/h1-5,15H,6H2. The summed E-state index contributed by atoms with van der Waals surface area (Å²) < 4.78 is 5.38. The number of aromatic nitrogens is 3. The van der Waals surface area contributed by atoms with Crippen LogP contribution < -0.4 is 4.74 Å². The van der Waals surface area contributed by atoms with Gasteiger partial charge in [-0.25, -0.2) is 0 Å². The second-order valence-electron chi connectivity index (χ2n) is 2.97. The number of hydrogen-bond donors (Lipinski definition) is 1. The first-order chi connectivity index (χ1) is 7.78. The minimum absolute atomic E-state index is 0.00116. The zero-order valence-corrected chi connectivity index (χ0v) is 8.92. The fourth-order valence-corrected chi connectivity index (χ4v) is 1.23. The Morgan fingerprint density at radius 2 is 2.00 bits per heavy atom. The van der Waals surface area contributed by atoms with Gasteiger partial charge in [0.2, 0.25) is 11.2 Å². The molecule has 0 unspecified atom stereocenters. The van der Waals surface area contributed by atoms with E-state index in [0.717, 1.165) is 5.56 Å². The molecule has 2 rings (SSSR count). The second kappa shape index (κ2) is 4.87. The number of aliphatic hydroxyl groups excluding tert-OH is 1. The molecule has 0 saturated carbocycles. The Labute approximate surface area is 96.7 Å². The molecule has 1 aromatic heterocycles. The zero-order chi connectivity index (χ0) is 11.4. The summed E-state index contributed by atoms with van der Waals surface area (Å²) in [5, 5.41) is 16.0. The molecule has 0 aliphatic rings. The van der Waals surface area contributed by atoms with Gasteiger partial charge in [0.25, 0.3) is 0 Å². The maximum absolute atomic E-state index is 8.87. The average Bonchev–Trinajstić information content (AvgIpc) is 2.30. The van der Waals surface area contributed by atoms with E-state index in [0.29, 0.717) is 5.75 Å². The molecule has 1 heterocycles. The number of hydrogen-bond acceptors (Lipinski definition) is 5. The van der Waals surface area contributed by atoms with E-state index >= 15 is 0 Å². The van der Waals surface area contributed by atoms with Crippen LogP contribution in [0, 0.1) is 0 Å². The van der Waals surface area contributed by atoms with Gasteiger partial charge in [0.1, 0.15) is 11.9 Å². The molecule has 0 radical (unpaired) electrons. The van der Waals surface area contributed by atoms with Crippen LogP contribution in [0.25, 0.3) is 0 Å². The average molecular weight is 238 g/mol. The van der Waals surface area contributed by atoms with Crippen LogP contribution in [0.2, 0.25) is 5.28 Å². The van der Waals surface area contributed by atoms with Gasteiger partial charge < -0.3 is 9.84 Å². The summed E-state index contributed by atoms with van der Waals surface area (Å²) in [6, 6.07) is 6.96. The van der Waals surface area contributed by atoms with Crippen LogP contribution in [0.1, 0.15) is 5.56 Å². The first-order valence-corrected chi connectivity index (χ1v) is 4.88. The Morgan fingerprint density at radius 3 is 2.62 bits per heavy atom. The van der Waals surface area contributed by atoms with E-state index in [1.54, 1.807) is 24.3 Å². The number of benzene rings is 1. The van der Waals surface area contributed by atoms with Crippen LogP contribution >= 0.6 is 11.6 Å². The van der Waals surface area contributed by atoms with Crippen molar-refractivity contribution in [3.63, 3.8) is 0 Å². The third-order valence-corrected chi connectivity index (χ3v) is 2.00. The Bertz CT molecular complexity index is 476. The lowest BCUT2D eigenvalue weighted by molar-refractivity contribution is 0.281. The van der Waals surface area contributed by atoms with E-state index in [4.69, 9.17) is 21.4 Å². The zero-order valence-electron chi connectivity index (χ0n) is 8.17. The van der Waals surface area contributed by atoms with Crippen molar-refractivity contribution in [1.29, 1.82) is 0 Å². The lowest BCUT2D eigenvalue weighted by atomic mass is 10.2. The van der Waals surface area contributed by atoms with Gasteiger partial charge >= 0.3 is 0 Å². The number of nitrogens with zero attached hydrogens (tertiary/aromatic N) is 3. The van der Waals surface area contributed by atoms with Gasteiger partial charge in [0.15, 0.2) is 0 Å². The Balaban J connectivity index is 2.14. The minimum Gasteiger partial charge on any atom is -0.437 e. The fraction of sp³-hybridized carbons (Fsp3) is 0.100. The van der Waals surface area contributed by atoms with Gasteiger partial charge in [0.05, 0.1) is 6.61 Å². The topological polar surface area (TPSA) is 68.1 Å². The lowest BCUT2D eigenvalue weighted by Gasteiger charge is -2.04. The largest absolute Gasteiger partial charge is 0.437 e. The van der Waals surface area contributed by atoms with E-state index in [2.05, 4.69) is 15.2 Å². The molecule has 0 atom stereocenters. The number of ether oxygens (including phenoxy) is 1. The summed E-state index contributed by atoms with van der Waals surface area (Å²) in [6.07, 6.45) is 1.37. The molecule has 1 N–H and O–H groups in total. The maximum Gasteiger partial charge on any atom is 0.246 e. The molecule has 0 amide bonds. The molecule has 6 heteroatoms. The molecule has 1 aromatic carbocycles. The van der Waals surface area contributed by atoms with Crippen molar-refractivity contribution in [3.05, 3.63) is 41.3 Å². The van der Waals surface area contributed by atoms with Gasteiger partial charge in [-0.15, -0.1) is 5.10 Å². The summed E-state index contributed by atoms with van der Waals surface area (Å²) in [4.78, 5) is 3.83. The molecule has 82 valence electrons. The van der Waals surface area contributed by atoms with Gasteiger partial charge in [-0.2, -0.15) is 10.1 Å². The summed E-state index contributed by atoms with van der Waals surface area (Å²) >= 11 is 5.56. The van der Waals surface area contributed by atoms with Crippen molar-refractivity contribution in [3.8, 4) is 11.6 Å². The molecule has 0 aliphatic heterocycles. The van der Waals surface area contributed by atoms with Crippen molar-refractivity contribution in [2.45, 2.75) is 6.61 Å². The molecule has 0 aliphatic carbocycles. The van der Waals surface area contributed by atoms with Crippen LogP contribution in [0.15, 0.2) is 30.5 Å². The van der Waals surface area contributed by atoms with Crippen molar-refractivity contribution in [2.24, 2.45) is 0 Å². The van der Waals surface area contributed by atoms with Gasteiger partial charge in [-0.05, 0) is 29.3 Å². The molecule has 0 bridgehead atoms. The quantitative estimate of drug-likeness (QED) is 0.882. The summed E-state index contributed by atoms with van der Waals surface area (Å²) in [6.45, 7) is 0.00116. The van der Waals surface area contributed by atoms with Crippen molar-refractivity contribution < 1.29 is 9.84 Å². The van der Waals surface area contributed by atoms with E-state index < -0.39 is 0 Å². The van der Waals surface area contributed by atoms with Crippen LogP contribution in [-0.2, 0) is 6.61 Å². The molecular formula is C10H8ClN3O2. The number of rotatable bonds is 3. The van der Waals surface area contributed by atoms with Gasteiger partial charge in [0, 0.05) is 0 Å². The predicted octanol–water partition coefficient (Wildman–Crippen LogP) is 1.81. The van der Waals surface area contributed by atoms with Gasteiger partial charge in [-0.1, -0.05) is 12.1 Å². The Morgan fingerprint density at radius 1 is 1.25 bits per heavy atom. The molecule has 0 spiro atoms. The lowest BCUT2D eigenvalue weighted by Crippen LogP contribution is -1.92. The maximum atomic E-state index is 8.87. The smallest absolute Gasteiger partial charge is 0.246 e. The SMILES string of the molecule is OCc1ccc(Oc2cnnc(Cl)n2)cc1. The molecular weight excluding hydrogens is 230 g/mol. The summed E-state index contributed by atoms with van der Waals surface area (Å²) in [7, 11) is 0. The van der Waals surface area contributed by atoms with E-state index in [-0.39, 0.29) is 17.8 Å². The summed E-state index contributed by atoms with van der Waals surface area (Å²) in [5.74, 6) is 0.866. The molecule has 0 fully saturated rings. The monoisotopic (exact) mass is 237 g/mol. The fourth-order valence-electron chi connectivity index (χ4n) is 1.10. The van der Waals surface area contributed by atoms with Crippen LogP contribution in [-0.4, -0.2) is 20.3 Å². The predicted molar refractivity (Wildman–Crippen MR) is 57.3 cm³/mol. The summed E-state index contributed by atoms with van der Waals surface area (Å²) in [5.41, 5.74) is 0.811. The Hall–Kier alpha value is -1.72. The first kappa shape index (κ1) is 10.8.